The number of nitrogens with one attached hydrogen (secondary N) is 1. The number of hydrogen-bond acceptors (Lipinski definition) is 3. The summed E-state index contributed by atoms with van der Waals surface area (Å²) in [6.07, 6.45) is 0. The van der Waals surface area contributed by atoms with Gasteiger partial charge in [0.25, 0.3) is 0 Å². The summed E-state index contributed by atoms with van der Waals surface area (Å²) in [4.78, 5) is 0. The van der Waals surface area contributed by atoms with Crippen LogP contribution in [0.5, 0.6) is 11.5 Å². The molecule has 0 atom stereocenters. The first-order valence-electron chi connectivity index (χ1n) is 8.28. The number of methoxy groups -OCH3 is 1. The summed E-state index contributed by atoms with van der Waals surface area (Å²) in [6.45, 7) is 0.970. The number of hydrogen-bond donors (Lipinski definition) is 1. The standard InChI is InChI=1S/C21H18BrClFNO2/c1-26-20-11-15(12-25-18-8-6-17(24)7-9-18)10-19(22)21(20)27-13-14-2-4-16(23)5-3-14/h2-11,25H,12-13H2,1H3. The molecule has 0 aliphatic carbocycles. The Balaban J connectivity index is 1.70. The van der Waals surface area contributed by atoms with Gasteiger partial charge in [-0.15, -0.1) is 0 Å². The van der Waals surface area contributed by atoms with Crippen molar-refractivity contribution in [1.29, 1.82) is 0 Å². The first-order valence-corrected chi connectivity index (χ1v) is 9.45. The van der Waals surface area contributed by atoms with E-state index in [1.807, 2.05) is 36.4 Å². The van der Waals surface area contributed by atoms with Crippen LogP contribution in [0.25, 0.3) is 0 Å². The lowest BCUT2D eigenvalue weighted by Gasteiger charge is -2.15. The monoisotopic (exact) mass is 449 g/mol. The molecule has 3 rings (SSSR count). The summed E-state index contributed by atoms with van der Waals surface area (Å²) in [6, 6.07) is 17.6. The summed E-state index contributed by atoms with van der Waals surface area (Å²) in [5, 5.41) is 3.94. The fourth-order valence-electron chi connectivity index (χ4n) is 2.52. The van der Waals surface area contributed by atoms with Crippen molar-refractivity contribution in [2.24, 2.45) is 0 Å². The second-order valence-electron chi connectivity index (χ2n) is 5.88. The van der Waals surface area contributed by atoms with Crippen molar-refractivity contribution < 1.29 is 13.9 Å². The summed E-state index contributed by atoms with van der Waals surface area (Å²) in [5.41, 5.74) is 2.85. The van der Waals surface area contributed by atoms with Gasteiger partial charge in [0.1, 0.15) is 12.4 Å². The van der Waals surface area contributed by atoms with Gasteiger partial charge in [-0.2, -0.15) is 0 Å². The molecule has 0 fully saturated rings. The van der Waals surface area contributed by atoms with Crippen LogP contribution in [0, 0.1) is 5.82 Å². The average molecular weight is 451 g/mol. The fourth-order valence-corrected chi connectivity index (χ4v) is 3.25. The molecule has 6 heteroatoms. The zero-order chi connectivity index (χ0) is 19.2. The Kier molecular flexibility index (Phi) is 6.58. The van der Waals surface area contributed by atoms with E-state index in [1.165, 1.54) is 12.1 Å². The molecule has 3 nitrogen and oxygen atoms in total. The lowest BCUT2D eigenvalue weighted by atomic mass is 10.2. The molecule has 3 aromatic carbocycles. The zero-order valence-electron chi connectivity index (χ0n) is 14.6. The minimum Gasteiger partial charge on any atom is -0.493 e. The van der Waals surface area contributed by atoms with Gasteiger partial charge in [0.15, 0.2) is 11.5 Å². The number of anilines is 1. The molecule has 140 valence electrons. The molecule has 0 heterocycles. The molecule has 0 aliphatic heterocycles. The predicted molar refractivity (Wildman–Crippen MR) is 110 cm³/mol. The molecule has 1 N–H and O–H groups in total. The Hall–Kier alpha value is -2.24. The molecule has 3 aromatic rings. The van der Waals surface area contributed by atoms with Crippen LogP contribution in [0.15, 0.2) is 65.1 Å². The topological polar surface area (TPSA) is 30.5 Å². The highest BCUT2D eigenvalue weighted by molar-refractivity contribution is 9.10. The molecule has 0 aliphatic rings. The normalized spacial score (nSPS) is 10.5. The molecule has 0 unspecified atom stereocenters. The summed E-state index contributed by atoms with van der Waals surface area (Å²) in [7, 11) is 1.61. The summed E-state index contributed by atoms with van der Waals surface area (Å²) < 4.78 is 25.2. The van der Waals surface area contributed by atoms with Gasteiger partial charge in [0.05, 0.1) is 11.6 Å². The lowest BCUT2D eigenvalue weighted by Crippen LogP contribution is -2.03. The Morgan fingerprint density at radius 2 is 1.70 bits per heavy atom. The number of benzene rings is 3. The molecule has 0 saturated carbocycles. The highest BCUT2D eigenvalue weighted by Gasteiger charge is 2.12. The molecular formula is C21H18BrClFNO2. The average Bonchev–Trinajstić information content (AvgIpc) is 2.67. The van der Waals surface area contributed by atoms with Crippen molar-refractivity contribution >= 4 is 33.2 Å². The van der Waals surface area contributed by atoms with E-state index in [9.17, 15) is 4.39 Å². The van der Waals surface area contributed by atoms with Gasteiger partial charge >= 0.3 is 0 Å². The van der Waals surface area contributed by atoms with Crippen molar-refractivity contribution in [2.75, 3.05) is 12.4 Å². The highest BCUT2D eigenvalue weighted by Crippen LogP contribution is 2.37. The van der Waals surface area contributed by atoms with Crippen LogP contribution in [-0.4, -0.2) is 7.11 Å². The van der Waals surface area contributed by atoms with E-state index in [0.717, 1.165) is 21.3 Å². The molecule has 0 spiro atoms. The van der Waals surface area contributed by atoms with Gasteiger partial charge in [-0.05, 0) is 75.6 Å². The third-order valence-electron chi connectivity index (χ3n) is 3.93. The van der Waals surface area contributed by atoms with Crippen molar-refractivity contribution in [3.05, 3.63) is 87.1 Å². The Labute approximate surface area is 171 Å². The van der Waals surface area contributed by atoms with Crippen molar-refractivity contribution in [2.45, 2.75) is 13.2 Å². The van der Waals surface area contributed by atoms with Crippen LogP contribution in [0.2, 0.25) is 5.02 Å². The van der Waals surface area contributed by atoms with Crippen molar-refractivity contribution in [3.63, 3.8) is 0 Å². The maximum Gasteiger partial charge on any atom is 0.175 e. The van der Waals surface area contributed by atoms with Crippen molar-refractivity contribution in [3.8, 4) is 11.5 Å². The summed E-state index contributed by atoms with van der Waals surface area (Å²) >= 11 is 9.46. The molecular weight excluding hydrogens is 433 g/mol. The quantitative estimate of drug-likeness (QED) is 0.449. The van der Waals surface area contributed by atoms with Crippen LogP contribution in [0.3, 0.4) is 0 Å². The van der Waals surface area contributed by atoms with E-state index in [1.54, 1.807) is 19.2 Å². The smallest absolute Gasteiger partial charge is 0.175 e. The summed E-state index contributed by atoms with van der Waals surface area (Å²) in [5.74, 6) is 1.01. The largest absolute Gasteiger partial charge is 0.493 e. The number of ether oxygens (including phenoxy) is 2. The Morgan fingerprint density at radius 1 is 1.00 bits per heavy atom. The van der Waals surface area contributed by atoms with E-state index in [0.29, 0.717) is 29.7 Å². The maximum atomic E-state index is 13.0. The third-order valence-corrected chi connectivity index (χ3v) is 4.77. The lowest BCUT2D eigenvalue weighted by molar-refractivity contribution is 0.282. The van der Waals surface area contributed by atoms with Gasteiger partial charge in [0, 0.05) is 17.3 Å². The predicted octanol–water partition coefficient (Wildman–Crippen LogP) is 6.44. The molecule has 0 saturated heterocycles. The molecule has 0 amide bonds. The fraction of sp³-hybridized carbons (Fsp3) is 0.143. The van der Waals surface area contributed by atoms with Gasteiger partial charge in [0.2, 0.25) is 0 Å². The minimum atomic E-state index is -0.257. The van der Waals surface area contributed by atoms with E-state index < -0.39 is 0 Å². The third kappa shape index (κ3) is 5.37. The minimum absolute atomic E-state index is 0.257. The van der Waals surface area contributed by atoms with E-state index >= 15 is 0 Å². The molecule has 0 aromatic heterocycles. The van der Waals surface area contributed by atoms with Crippen LogP contribution >= 0.6 is 27.5 Å². The van der Waals surface area contributed by atoms with Crippen LogP contribution < -0.4 is 14.8 Å². The zero-order valence-corrected chi connectivity index (χ0v) is 17.0. The first kappa shape index (κ1) is 19.5. The van der Waals surface area contributed by atoms with Crippen molar-refractivity contribution in [1.82, 2.24) is 0 Å². The number of rotatable bonds is 7. The molecule has 0 bridgehead atoms. The van der Waals surface area contributed by atoms with Crippen LogP contribution in [-0.2, 0) is 13.2 Å². The first-order chi connectivity index (χ1) is 13.0. The van der Waals surface area contributed by atoms with Gasteiger partial charge < -0.3 is 14.8 Å². The second kappa shape index (κ2) is 9.11. The highest BCUT2D eigenvalue weighted by atomic mass is 79.9. The maximum absolute atomic E-state index is 13.0. The van der Waals surface area contributed by atoms with Gasteiger partial charge in [-0.25, -0.2) is 4.39 Å². The molecule has 0 radical (unpaired) electrons. The van der Waals surface area contributed by atoms with Crippen LogP contribution in [0.1, 0.15) is 11.1 Å². The molecule has 27 heavy (non-hydrogen) atoms. The van der Waals surface area contributed by atoms with E-state index in [2.05, 4.69) is 21.2 Å². The van der Waals surface area contributed by atoms with Crippen LogP contribution in [0.4, 0.5) is 10.1 Å². The number of halogens is 3. The van der Waals surface area contributed by atoms with E-state index in [-0.39, 0.29) is 5.82 Å². The van der Waals surface area contributed by atoms with Gasteiger partial charge in [-0.1, -0.05) is 23.7 Å². The van der Waals surface area contributed by atoms with Gasteiger partial charge in [-0.3, -0.25) is 0 Å². The SMILES string of the molecule is COc1cc(CNc2ccc(F)cc2)cc(Br)c1OCc1ccc(Cl)cc1. The Bertz CT molecular complexity index is 901. The van der Waals surface area contributed by atoms with E-state index in [4.69, 9.17) is 21.1 Å². The Morgan fingerprint density at radius 3 is 2.37 bits per heavy atom. The second-order valence-corrected chi connectivity index (χ2v) is 7.18.